The second-order valence-corrected chi connectivity index (χ2v) is 6.83. The minimum atomic E-state index is -0.407. The lowest BCUT2D eigenvalue weighted by atomic mass is 9.74. The third-order valence-electron chi connectivity index (χ3n) is 4.39. The molecule has 0 aromatic heterocycles. The predicted molar refractivity (Wildman–Crippen MR) is 71.3 cm³/mol. The second-order valence-electron chi connectivity index (χ2n) is 6.83. The fourth-order valence-electron chi connectivity index (χ4n) is 3.25. The van der Waals surface area contributed by atoms with Crippen LogP contribution in [0.15, 0.2) is 0 Å². The minimum Gasteiger partial charge on any atom is -0.444 e. The minimum absolute atomic E-state index is 0.177. The summed E-state index contributed by atoms with van der Waals surface area (Å²) in [5.74, 6) is 0. The molecule has 1 saturated carbocycles. The van der Waals surface area contributed by atoms with E-state index in [-0.39, 0.29) is 6.09 Å². The maximum atomic E-state index is 12.0. The van der Waals surface area contributed by atoms with E-state index in [2.05, 4.69) is 0 Å². The Labute approximate surface area is 110 Å². The molecule has 18 heavy (non-hydrogen) atoms. The van der Waals surface area contributed by atoms with E-state index in [0.29, 0.717) is 11.5 Å². The van der Waals surface area contributed by atoms with Crippen LogP contribution < -0.4 is 5.73 Å². The summed E-state index contributed by atoms with van der Waals surface area (Å²) in [5, 5.41) is 0. The molecule has 1 aliphatic heterocycles. The van der Waals surface area contributed by atoms with Crippen molar-refractivity contribution in [2.45, 2.75) is 64.5 Å². The summed E-state index contributed by atoms with van der Waals surface area (Å²) in [7, 11) is 0. The molecule has 1 unspecified atom stereocenters. The Bertz CT molecular complexity index is 314. The first-order valence-electron chi connectivity index (χ1n) is 7.06. The Morgan fingerprint density at radius 2 is 1.89 bits per heavy atom. The SMILES string of the molecule is CC(C)(C)OC(=O)N1CCC2(CCCC2N)CC1. The lowest BCUT2D eigenvalue weighted by Gasteiger charge is -2.42. The number of likely N-dealkylation sites (tertiary alicyclic amines) is 1. The number of amides is 1. The van der Waals surface area contributed by atoms with Crippen LogP contribution in [-0.4, -0.2) is 35.7 Å². The molecule has 1 saturated heterocycles. The number of carbonyl (C=O) groups excluding carboxylic acids is 1. The van der Waals surface area contributed by atoms with Crippen molar-refractivity contribution in [3.63, 3.8) is 0 Å². The summed E-state index contributed by atoms with van der Waals surface area (Å²) >= 11 is 0. The maximum absolute atomic E-state index is 12.0. The van der Waals surface area contributed by atoms with Gasteiger partial charge in [0.05, 0.1) is 0 Å². The van der Waals surface area contributed by atoms with Crippen molar-refractivity contribution >= 4 is 6.09 Å². The number of nitrogens with zero attached hydrogens (tertiary/aromatic N) is 1. The molecule has 1 spiro atoms. The standard InChI is InChI=1S/C14H26N2O2/c1-13(2,3)18-12(17)16-9-7-14(8-10-16)6-4-5-11(14)15/h11H,4-10,15H2,1-3H3. The van der Waals surface area contributed by atoms with Crippen molar-refractivity contribution in [1.82, 2.24) is 4.90 Å². The summed E-state index contributed by atoms with van der Waals surface area (Å²) in [6.07, 6.45) is 5.51. The zero-order valence-electron chi connectivity index (χ0n) is 11.9. The van der Waals surface area contributed by atoms with Gasteiger partial charge in [-0.2, -0.15) is 0 Å². The van der Waals surface area contributed by atoms with Gasteiger partial charge in [0.25, 0.3) is 0 Å². The number of piperidine rings is 1. The van der Waals surface area contributed by atoms with Gasteiger partial charge in [0.2, 0.25) is 0 Å². The molecule has 0 bridgehead atoms. The lowest BCUT2D eigenvalue weighted by Crippen LogP contribution is -2.49. The fraction of sp³-hybridized carbons (Fsp3) is 0.929. The van der Waals surface area contributed by atoms with E-state index in [1.165, 1.54) is 12.8 Å². The van der Waals surface area contributed by atoms with E-state index in [0.717, 1.165) is 32.4 Å². The Morgan fingerprint density at radius 3 is 2.33 bits per heavy atom. The molecule has 1 aliphatic carbocycles. The smallest absolute Gasteiger partial charge is 0.410 e. The molecule has 0 aromatic carbocycles. The average molecular weight is 254 g/mol. The largest absolute Gasteiger partial charge is 0.444 e. The summed E-state index contributed by atoms with van der Waals surface area (Å²) in [6.45, 7) is 7.31. The van der Waals surface area contributed by atoms with Gasteiger partial charge in [-0.25, -0.2) is 4.79 Å². The van der Waals surface area contributed by atoms with Crippen LogP contribution in [0.2, 0.25) is 0 Å². The zero-order valence-corrected chi connectivity index (χ0v) is 11.9. The van der Waals surface area contributed by atoms with E-state index in [9.17, 15) is 4.79 Å². The third-order valence-corrected chi connectivity index (χ3v) is 4.39. The number of rotatable bonds is 0. The Hall–Kier alpha value is -0.770. The zero-order chi connectivity index (χ0) is 13.4. The van der Waals surface area contributed by atoms with E-state index in [1.807, 2.05) is 25.7 Å². The first-order chi connectivity index (χ1) is 8.32. The Morgan fingerprint density at radius 1 is 1.28 bits per heavy atom. The van der Waals surface area contributed by atoms with E-state index >= 15 is 0 Å². The summed E-state index contributed by atoms with van der Waals surface area (Å²) < 4.78 is 5.41. The fourth-order valence-corrected chi connectivity index (χ4v) is 3.25. The highest BCUT2D eigenvalue weighted by molar-refractivity contribution is 5.68. The summed E-state index contributed by atoms with van der Waals surface area (Å²) in [4.78, 5) is 13.8. The van der Waals surface area contributed by atoms with Gasteiger partial charge in [-0.15, -0.1) is 0 Å². The van der Waals surface area contributed by atoms with Gasteiger partial charge in [-0.1, -0.05) is 6.42 Å². The molecule has 2 aliphatic rings. The molecule has 1 heterocycles. The van der Waals surface area contributed by atoms with Crippen LogP contribution in [0.5, 0.6) is 0 Å². The number of carbonyl (C=O) groups is 1. The van der Waals surface area contributed by atoms with Gasteiger partial charge < -0.3 is 15.4 Å². The van der Waals surface area contributed by atoms with Crippen molar-refractivity contribution in [2.24, 2.45) is 11.1 Å². The van der Waals surface area contributed by atoms with Crippen LogP contribution in [0, 0.1) is 5.41 Å². The van der Waals surface area contributed by atoms with Crippen molar-refractivity contribution in [2.75, 3.05) is 13.1 Å². The first-order valence-corrected chi connectivity index (χ1v) is 7.06. The van der Waals surface area contributed by atoms with Crippen molar-refractivity contribution < 1.29 is 9.53 Å². The molecule has 2 rings (SSSR count). The van der Waals surface area contributed by atoms with Crippen LogP contribution in [-0.2, 0) is 4.74 Å². The molecule has 2 fully saturated rings. The molecule has 0 aromatic rings. The molecule has 4 nitrogen and oxygen atoms in total. The quantitative estimate of drug-likeness (QED) is 0.722. The average Bonchev–Trinajstić information content (AvgIpc) is 2.59. The molecule has 4 heteroatoms. The summed E-state index contributed by atoms with van der Waals surface area (Å²) in [6, 6.07) is 0.332. The van der Waals surface area contributed by atoms with Crippen molar-refractivity contribution in [3.8, 4) is 0 Å². The molecular formula is C14H26N2O2. The lowest BCUT2D eigenvalue weighted by molar-refractivity contribution is 0.00886. The summed E-state index contributed by atoms with van der Waals surface area (Å²) in [5.41, 5.74) is 6.13. The highest BCUT2D eigenvalue weighted by atomic mass is 16.6. The normalized spacial score (nSPS) is 27.6. The number of hydrogen-bond acceptors (Lipinski definition) is 3. The molecular weight excluding hydrogens is 228 g/mol. The highest BCUT2D eigenvalue weighted by Crippen LogP contribution is 2.45. The van der Waals surface area contributed by atoms with E-state index in [4.69, 9.17) is 10.5 Å². The predicted octanol–water partition coefficient (Wildman–Crippen LogP) is 2.51. The van der Waals surface area contributed by atoms with E-state index in [1.54, 1.807) is 0 Å². The monoisotopic (exact) mass is 254 g/mol. The second kappa shape index (κ2) is 4.72. The van der Waals surface area contributed by atoms with Crippen LogP contribution in [0.1, 0.15) is 52.9 Å². The van der Waals surface area contributed by atoms with Gasteiger partial charge in [0.1, 0.15) is 5.60 Å². The van der Waals surface area contributed by atoms with Gasteiger partial charge >= 0.3 is 6.09 Å². The molecule has 104 valence electrons. The Kier molecular flexibility index (Phi) is 3.58. The van der Waals surface area contributed by atoms with Crippen LogP contribution in [0.3, 0.4) is 0 Å². The molecule has 0 radical (unpaired) electrons. The number of nitrogens with two attached hydrogens (primary N) is 1. The topological polar surface area (TPSA) is 55.6 Å². The van der Waals surface area contributed by atoms with E-state index < -0.39 is 5.60 Å². The van der Waals surface area contributed by atoms with Gasteiger partial charge in [0.15, 0.2) is 0 Å². The molecule has 2 N–H and O–H groups in total. The first kappa shape index (κ1) is 13.7. The van der Waals surface area contributed by atoms with Crippen LogP contribution in [0.4, 0.5) is 4.79 Å². The third kappa shape index (κ3) is 2.79. The Balaban J connectivity index is 1.89. The number of ether oxygens (including phenoxy) is 1. The van der Waals surface area contributed by atoms with Gasteiger partial charge in [-0.3, -0.25) is 0 Å². The maximum Gasteiger partial charge on any atom is 0.410 e. The van der Waals surface area contributed by atoms with Crippen molar-refractivity contribution in [3.05, 3.63) is 0 Å². The number of hydrogen-bond donors (Lipinski definition) is 1. The molecule has 1 atom stereocenters. The van der Waals surface area contributed by atoms with Gasteiger partial charge in [0, 0.05) is 19.1 Å². The molecule has 1 amide bonds. The van der Waals surface area contributed by atoms with Crippen LogP contribution >= 0.6 is 0 Å². The highest BCUT2D eigenvalue weighted by Gasteiger charge is 2.43. The van der Waals surface area contributed by atoms with Crippen molar-refractivity contribution in [1.29, 1.82) is 0 Å². The van der Waals surface area contributed by atoms with Crippen LogP contribution in [0.25, 0.3) is 0 Å². The van der Waals surface area contributed by atoms with Gasteiger partial charge in [-0.05, 0) is 51.9 Å².